The van der Waals surface area contributed by atoms with Crippen LogP contribution in [0.4, 0.5) is 0 Å². The average molecular weight is 402 g/mol. The fourth-order valence-corrected chi connectivity index (χ4v) is 3.84. The van der Waals surface area contributed by atoms with Crippen LogP contribution in [-0.2, 0) is 0 Å². The fraction of sp³-hybridized carbons (Fsp3) is 0.320. The molecule has 30 heavy (non-hydrogen) atoms. The largest absolute Gasteiger partial charge is 0.393 e. The van der Waals surface area contributed by atoms with Gasteiger partial charge in [0.2, 0.25) is 0 Å². The Morgan fingerprint density at radius 1 is 1.07 bits per heavy atom. The number of hydrogen-bond acceptors (Lipinski definition) is 4. The van der Waals surface area contributed by atoms with Gasteiger partial charge in [0.15, 0.2) is 0 Å². The maximum absolute atomic E-state index is 9.81. The maximum atomic E-state index is 9.81. The van der Waals surface area contributed by atoms with Crippen molar-refractivity contribution in [3.8, 4) is 23.0 Å². The van der Waals surface area contributed by atoms with Gasteiger partial charge >= 0.3 is 0 Å². The van der Waals surface area contributed by atoms with Gasteiger partial charge in [-0.3, -0.25) is 0 Å². The van der Waals surface area contributed by atoms with Crippen LogP contribution >= 0.6 is 0 Å². The molecule has 5 heteroatoms. The molecule has 1 fully saturated rings. The number of benzene rings is 2. The monoisotopic (exact) mass is 402 g/mol. The molecule has 1 aliphatic carbocycles. The Kier molecular flexibility index (Phi) is 6.01. The van der Waals surface area contributed by atoms with E-state index in [1.165, 1.54) is 5.56 Å². The second kappa shape index (κ2) is 8.85. The van der Waals surface area contributed by atoms with Gasteiger partial charge < -0.3 is 19.9 Å². The molecule has 0 spiro atoms. The molecule has 4 rings (SSSR count). The second-order valence-corrected chi connectivity index (χ2v) is 7.86. The molecule has 1 heterocycles. The van der Waals surface area contributed by atoms with Gasteiger partial charge in [0.05, 0.1) is 12.7 Å². The lowest BCUT2D eigenvalue weighted by Gasteiger charge is -2.31. The third-order valence-electron chi connectivity index (χ3n) is 5.68. The summed E-state index contributed by atoms with van der Waals surface area (Å²) >= 11 is 0. The Morgan fingerprint density at radius 3 is 2.27 bits per heavy atom. The number of aliphatic hydroxyl groups is 3. The zero-order valence-corrected chi connectivity index (χ0v) is 16.9. The summed E-state index contributed by atoms with van der Waals surface area (Å²) in [4.78, 5) is 4.14. The van der Waals surface area contributed by atoms with Crippen LogP contribution in [0.5, 0.6) is 0 Å². The van der Waals surface area contributed by atoms with Crippen molar-refractivity contribution in [3.63, 3.8) is 0 Å². The number of aliphatic hydroxyl groups excluding tert-OH is 3. The molecule has 2 aromatic carbocycles. The first-order valence-electron chi connectivity index (χ1n) is 10.3. The molecule has 1 saturated carbocycles. The van der Waals surface area contributed by atoms with Crippen molar-refractivity contribution in [2.75, 3.05) is 6.61 Å². The SMILES string of the molecule is C[C@H](O)c1nccn1C(C#Cc1ccc(-c2ccc(C3CC(O)C3)cc2)cc1)CO. The van der Waals surface area contributed by atoms with Crippen LogP contribution in [0.25, 0.3) is 11.1 Å². The highest BCUT2D eigenvalue weighted by atomic mass is 16.3. The number of rotatable bonds is 5. The highest BCUT2D eigenvalue weighted by molar-refractivity contribution is 5.64. The topological polar surface area (TPSA) is 78.5 Å². The molecule has 1 aromatic heterocycles. The average Bonchev–Trinajstić information content (AvgIpc) is 3.23. The molecule has 3 aromatic rings. The van der Waals surface area contributed by atoms with E-state index in [-0.39, 0.29) is 12.7 Å². The summed E-state index contributed by atoms with van der Waals surface area (Å²) < 4.78 is 1.70. The minimum absolute atomic E-state index is 0.138. The van der Waals surface area contributed by atoms with Crippen LogP contribution in [0.1, 0.15) is 54.8 Å². The molecular formula is C25H26N2O3. The van der Waals surface area contributed by atoms with Gasteiger partial charge in [0.1, 0.15) is 18.0 Å². The van der Waals surface area contributed by atoms with Crippen LogP contribution in [0, 0.1) is 11.8 Å². The Morgan fingerprint density at radius 2 is 1.70 bits per heavy atom. The van der Waals surface area contributed by atoms with E-state index in [1.54, 1.807) is 23.9 Å². The van der Waals surface area contributed by atoms with Gasteiger partial charge in [-0.25, -0.2) is 4.98 Å². The lowest BCUT2D eigenvalue weighted by atomic mass is 9.77. The van der Waals surface area contributed by atoms with E-state index in [0.29, 0.717) is 11.7 Å². The molecule has 0 aliphatic heterocycles. The summed E-state index contributed by atoms with van der Waals surface area (Å²) in [7, 11) is 0. The number of nitrogens with zero attached hydrogens (tertiary/aromatic N) is 2. The Bertz CT molecular complexity index is 1040. The van der Waals surface area contributed by atoms with Crippen LogP contribution in [0.3, 0.4) is 0 Å². The van der Waals surface area contributed by atoms with E-state index in [1.807, 2.05) is 24.3 Å². The minimum Gasteiger partial charge on any atom is -0.393 e. The number of imidazole rings is 1. The van der Waals surface area contributed by atoms with Gasteiger partial charge in [-0.05, 0) is 54.5 Å². The first kappa shape index (κ1) is 20.4. The van der Waals surface area contributed by atoms with Crippen molar-refractivity contribution in [2.24, 2.45) is 0 Å². The molecule has 0 amide bonds. The van der Waals surface area contributed by atoms with Gasteiger partial charge in [-0.15, -0.1) is 0 Å². The molecule has 1 aliphatic rings. The van der Waals surface area contributed by atoms with E-state index in [2.05, 4.69) is 41.1 Å². The lowest BCUT2D eigenvalue weighted by Crippen LogP contribution is -2.26. The summed E-state index contributed by atoms with van der Waals surface area (Å²) in [6.07, 6.45) is 4.17. The first-order valence-corrected chi connectivity index (χ1v) is 10.3. The van der Waals surface area contributed by atoms with Crippen molar-refractivity contribution in [3.05, 3.63) is 77.9 Å². The quantitative estimate of drug-likeness (QED) is 0.572. The van der Waals surface area contributed by atoms with Crippen molar-refractivity contribution in [1.82, 2.24) is 9.55 Å². The molecule has 2 atom stereocenters. The predicted octanol–water partition coefficient (Wildman–Crippen LogP) is 3.43. The molecule has 154 valence electrons. The van der Waals surface area contributed by atoms with Gasteiger partial charge in [0.25, 0.3) is 0 Å². The Hall–Kier alpha value is -2.91. The molecule has 3 N–H and O–H groups in total. The third kappa shape index (κ3) is 4.31. The number of hydrogen-bond donors (Lipinski definition) is 3. The third-order valence-corrected chi connectivity index (χ3v) is 5.68. The highest BCUT2D eigenvalue weighted by Crippen LogP contribution is 2.37. The summed E-state index contributed by atoms with van der Waals surface area (Å²) in [5, 5.41) is 29.0. The number of aromatic nitrogens is 2. The molecular weight excluding hydrogens is 376 g/mol. The Balaban J connectivity index is 1.47. The molecule has 0 bridgehead atoms. The standard InChI is InChI=1S/C25H26N2O3/c1-17(29)25-26-12-13-27(25)23(16-28)11-4-18-2-5-19(6-3-18)20-7-9-21(10-8-20)22-14-24(30)15-22/h2-3,5-10,12-13,17,22-24,28-30H,14-16H2,1H3/t17-,22?,23?,24?/m0/s1. The molecule has 0 radical (unpaired) electrons. The van der Waals surface area contributed by atoms with Gasteiger partial charge in [0, 0.05) is 18.0 Å². The minimum atomic E-state index is -0.726. The van der Waals surface area contributed by atoms with E-state index >= 15 is 0 Å². The molecule has 0 saturated heterocycles. The van der Waals surface area contributed by atoms with E-state index in [4.69, 9.17) is 0 Å². The summed E-state index contributed by atoms with van der Waals surface area (Å²) in [6, 6.07) is 16.1. The van der Waals surface area contributed by atoms with Crippen molar-refractivity contribution in [1.29, 1.82) is 0 Å². The van der Waals surface area contributed by atoms with Crippen molar-refractivity contribution >= 4 is 0 Å². The smallest absolute Gasteiger partial charge is 0.138 e. The fourth-order valence-electron chi connectivity index (χ4n) is 3.84. The molecule has 1 unspecified atom stereocenters. The van der Waals surface area contributed by atoms with E-state index in [9.17, 15) is 15.3 Å². The zero-order valence-electron chi connectivity index (χ0n) is 16.9. The van der Waals surface area contributed by atoms with Crippen LogP contribution in [0.2, 0.25) is 0 Å². The normalized spacial score (nSPS) is 20.0. The van der Waals surface area contributed by atoms with E-state index in [0.717, 1.165) is 29.5 Å². The van der Waals surface area contributed by atoms with Gasteiger partial charge in [-0.2, -0.15) is 0 Å². The van der Waals surface area contributed by atoms with Gasteiger partial charge in [-0.1, -0.05) is 48.2 Å². The second-order valence-electron chi connectivity index (χ2n) is 7.86. The maximum Gasteiger partial charge on any atom is 0.138 e. The highest BCUT2D eigenvalue weighted by Gasteiger charge is 2.28. The van der Waals surface area contributed by atoms with E-state index < -0.39 is 12.1 Å². The summed E-state index contributed by atoms with van der Waals surface area (Å²) in [5.74, 6) is 7.15. The van der Waals surface area contributed by atoms with Crippen molar-refractivity contribution < 1.29 is 15.3 Å². The van der Waals surface area contributed by atoms with Crippen LogP contribution in [-0.4, -0.2) is 37.6 Å². The summed E-state index contributed by atoms with van der Waals surface area (Å²) in [5.41, 5.74) is 4.41. The zero-order chi connectivity index (χ0) is 21.1. The van der Waals surface area contributed by atoms with Crippen LogP contribution < -0.4 is 0 Å². The molecule has 5 nitrogen and oxygen atoms in total. The predicted molar refractivity (Wildman–Crippen MR) is 116 cm³/mol. The van der Waals surface area contributed by atoms with Crippen LogP contribution in [0.15, 0.2) is 60.9 Å². The lowest BCUT2D eigenvalue weighted by molar-refractivity contribution is 0.0746. The summed E-state index contributed by atoms with van der Waals surface area (Å²) in [6.45, 7) is 1.48. The van der Waals surface area contributed by atoms with Crippen molar-refractivity contribution in [2.45, 2.75) is 43.9 Å². The Labute approximate surface area is 176 Å². The first-order chi connectivity index (χ1) is 14.5.